The second-order valence-corrected chi connectivity index (χ2v) is 11.1. The predicted octanol–water partition coefficient (Wildman–Crippen LogP) is 3.90. The summed E-state index contributed by atoms with van der Waals surface area (Å²) in [5, 5.41) is 15.6. The minimum absolute atomic E-state index is 0.0521. The Kier molecular flexibility index (Phi) is 5.00. The first-order valence-electron chi connectivity index (χ1n) is 11.8. The van der Waals surface area contributed by atoms with Crippen LogP contribution < -0.4 is 5.32 Å². The fraction of sp³-hybridized carbons (Fsp3) is 0.600. The lowest BCUT2D eigenvalue weighted by molar-refractivity contribution is -0.117. The van der Waals surface area contributed by atoms with Crippen molar-refractivity contribution in [2.45, 2.75) is 56.3 Å². The lowest BCUT2D eigenvalue weighted by Crippen LogP contribution is -2.58. The van der Waals surface area contributed by atoms with E-state index in [9.17, 15) is 9.90 Å². The van der Waals surface area contributed by atoms with Crippen LogP contribution in [0.4, 0.5) is 10.2 Å². The van der Waals surface area contributed by atoms with Crippen molar-refractivity contribution >= 4 is 34.1 Å². The van der Waals surface area contributed by atoms with Gasteiger partial charge in [0.05, 0.1) is 24.9 Å². The monoisotopic (exact) mass is 473 g/mol. The number of ether oxygens (including phenoxy) is 1. The van der Waals surface area contributed by atoms with Gasteiger partial charge in [-0.1, -0.05) is 11.6 Å². The Morgan fingerprint density at radius 2 is 2.15 bits per heavy atom. The molecule has 2 N–H and O–H groups in total. The molecule has 4 fully saturated rings. The highest BCUT2D eigenvalue weighted by atomic mass is 35.5. The van der Waals surface area contributed by atoms with Gasteiger partial charge >= 0.3 is 0 Å². The number of pyridine rings is 1. The summed E-state index contributed by atoms with van der Waals surface area (Å²) in [6.07, 6.45) is 3.90. The number of hydrogen-bond donors (Lipinski definition) is 2. The van der Waals surface area contributed by atoms with Crippen LogP contribution >= 0.6 is 11.6 Å². The number of likely N-dealkylation sites (tertiary alicyclic amines) is 1. The maximum atomic E-state index is 15.4. The topological polar surface area (TPSA) is 74.7 Å². The molecule has 6 nitrogen and oxygen atoms in total. The van der Waals surface area contributed by atoms with E-state index in [0.29, 0.717) is 42.4 Å². The van der Waals surface area contributed by atoms with Crippen LogP contribution in [0, 0.1) is 11.3 Å². The third-order valence-corrected chi connectivity index (χ3v) is 8.87. The lowest BCUT2D eigenvalue weighted by Gasteiger charge is -2.45. The van der Waals surface area contributed by atoms with Gasteiger partial charge < -0.3 is 15.2 Å². The molecule has 8 heteroatoms. The van der Waals surface area contributed by atoms with E-state index in [0.717, 1.165) is 35.6 Å². The summed E-state index contributed by atoms with van der Waals surface area (Å²) in [6, 6.07) is 5.63. The van der Waals surface area contributed by atoms with Crippen molar-refractivity contribution in [3.05, 3.63) is 35.0 Å². The highest BCUT2D eigenvalue weighted by molar-refractivity contribution is 6.32. The number of halogens is 2. The number of anilines is 1. The number of carbonyl (C=O) groups is 1. The molecule has 0 unspecified atom stereocenters. The SMILES string of the molecule is C[C@@]1(N2CC[C@@H](c3cc4cc(NC(=O)[C@@H]5CC56CC6)ncc4cc3Cl)[C@H](F)C2)COC[C@@H]1O. The summed E-state index contributed by atoms with van der Waals surface area (Å²) in [4.78, 5) is 18.9. The van der Waals surface area contributed by atoms with Crippen molar-refractivity contribution in [1.82, 2.24) is 9.88 Å². The normalized spacial score (nSPS) is 35.2. The van der Waals surface area contributed by atoms with Gasteiger partial charge in [-0.15, -0.1) is 0 Å². The van der Waals surface area contributed by atoms with E-state index >= 15 is 4.39 Å². The molecule has 33 heavy (non-hydrogen) atoms. The minimum atomic E-state index is -1.11. The van der Waals surface area contributed by atoms with Gasteiger partial charge in [-0.3, -0.25) is 9.69 Å². The number of amides is 1. The minimum Gasteiger partial charge on any atom is -0.389 e. The number of nitrogens with one attached hydrogen (secondary N) is 1. The van der Waals surface area contributed by atoms with E-state index in [-0.39, 0.29) is 24.3 Å². The van der Waals surface area contributed by atoms with E-state index in [1.54, 1.807) is 6.20 Å². The first kappa shape index (κ1) is 21.7. The van der Waals surface area contributed by atoms with Crippen molar-refractivity contribution < 1.29 is 19.0 Å². The Bertz CT molecular complexity index is 1130. The van der Waals surface area contributed by atoms with E-state index in [1.165, 1.54) is 0 Å². The van der Waals surface area contributed by atoms with Gasteiger partial charge in [-0.25, -0.2) is 9.37 Å². The Balaban J connectivity index is 1.21. The zero-order valence-electron chi connectivity index (χ0n) is 18.7. The fourth-order valence-electron chi connectivity index (χ4n) is 5.85. The quantitative estimate of drug-likeness (QED) is 0.704. The molecule has 2 aliphatic heterocycles. The molecule has 3 heterocycles. The standard InChI is InChI=1S/C25H29ClFN3O3/c1-24(13-33-12-21(24)31)30-5-2-16(20(27)11-30)17-6-14-8-22(28-10-15(14)7-19(17)26)29-23(32)18-9-25(18)3-4-25/h6-8,10,16,18,20-21,31H,2-5,9,11-13H2,1H3,(H,28,29,32)/t16-,18-,20+,21-,24+/m0/s1. The average molecular weight is 474 g/mol. The molecule has 1 amide bonds. The molecule has 2 saturated heterocycles. The number of benzene rings is 1. The fourth-order valence-corrected chi connectivity index (χ4v) is 6.17. The number of aromatic nitrogens is 1. The average Bonchev–Trinajstić information content (AvgIpc) is 3.69. The van der Waals surface area contributed by atoms with Crippen molar-refractivity contribution in [3.63, 3.8) is 0 Å². The number of fused-ring (bicyclic) bond motifs is 1. The van der Waals surface area contributed by atoms with Crippen molar-refractivity contribution in [2.75, 3.05) is 31.6 Å². The summed E-state index contributed by atoms with van der Waals surface area (Å²) in [6.45, 7) is 3.54. The van der Waals surface area contributed by atoms with Crippen LogP contribution in [-0.2, 0) is 9.53 Å². The number of alkyl halides is 1. The van der Waals surface area contributed by atoms with Gasteiger partial charge in [0.2, 0.25) is 5.91 Å². The van der Waals surface area contributed by atoms with Gasteiger partial charge in [-0.05, 0) is 73.7 Å². The number of piperidine rings is 1. The number of rotatable bonds is 4. The third kappa shape index (κ3) is 3.64. The molecule has 0 radical (unpaired) electrons. The lowest BCUT2D eigenvalue weighted by atomic mass is 9.84. The zero-order chi connectivity index (χ0) is 23.0. The highest BCUT2D eigenvalue weighted by Crippen LogP contribution is 2.70. The molecule has 5 atom stereocenters. The molecule has 6 rings (SSSR count). The van der Waals surface area contributed by atoms with Crippen LogP contribution in [0.15, 0.2) is 24.4 Å². The van der Waals surface area contributed by atoms with Gasteiger partial charge in [0.15, 0.2) is 0 Å². The number of nitrogens with zero attached hydrogens (tertiary/aromatic N) is 2. The summed E-state index contributed by atoms with van der Waals surface area (Å²) < 4.78 is 20.9. The van der Waals surface area contributed by atoms with Crippen LogP contribution in [0.1, 0.15) is 44.1 Å². The van der Waals surface area contributed by atoms with E-state index in [4.69, 9.17) is 16.3 Å². The van der Waals surface area contributed by atoms with Crippen molar-refractivity contribution in [2.24, 2.45) is 11.3 Å². The first-order chi connectivity index (χ1) is 15.8. The third-order valence-electron chi connectivity index (χ3n) is 8.54. The molecular weight excluding hydrogens is 445 g/mol. The summed E-state index contributed by atoms with van der Waals surface area (Å²) in [5.74, 6) is 0.377. The predicted molar refractivity (Wildman–Crippen MR) is 124 cm³/mol. The van der Waals surface area contributed by atoms with E-state index in [1.807, 2.05) is 30.0 Å². The van der Waals surface area contributed by atoms with E-state index in [2.05, 4.69) is 10.3 Å². The summed E-state index contributed by atoms with van der Waals surface area (Å²) in [5.41, 5.74) is 0.527. The number of aliphatic hydroxyl groups is 1. The van der Waals surface area contributed by atoms with Crippen LogP contribution in [0.2, 0.25) is 5.02 Å². The molecule has 1 aromatic heterocycles. The summed E-state index contributed by atoms with van der Waals surface area (Å²) >= 11 is 6.59. The molecule has 0 bridgehead atoms. The van der Waals surface area contributed by atoms with Crippen LogP contribution in [0.5, 0.6) is 0 Å². The molecule has 2 aromatic rings. The molecular formula is C25H29ClFN3O3. The maximum absolute atomic E-state index is 15.4. The van der Waals surface area contributed by atoms with Gasteiger partial charge in [-0.2, -0.15) is 0 Å². The number of carbonyl (C=O) groups excluding carboxylic acids is 1. The van der Waals surface area contributed by atoms with Gasteiger partial charge in [0.25, 0.3) is 0 Å². The maximum Gasteiger partial charge on any atom is 0.229 e. The van der Waals surface area contributed by atoms with Crippen LogP contribution in [0.25, 0.3) is 10.8 Å². The highest BCUT2D eigenvalue weighted by Gasteiger charge is 2.65. The molecule has 1 spiro atoms. The van der Waals surface area contributed by atoms with Crippen molar-refractivity contribution in [1.29, 1.82) is 0 Å². The molecule has 2 aliphatic carbocycles. The van der Waals surface area contributed by atoms with E-state index < -0.39 is 17.8 Å². The Morgan fingerprint density at radius 3 is 2.82 bits per heavy atom. The van der Waals surface area contributed by atoms with Gasteiger partial charge in [0.1, 0.15) is 12.0 Å². The molecule has 176 valence electrons. The first-order valence-corrected chi connectivity index (χ1v) is 12.2. The van der Waals surface area contributed by atoms with Crippen LogP contribution in [-0.4, -0.2) is 65.0 Å². The molecule has 1 aromatic carbocycles. The van der Waals surface area contributed by atoms with Crippen LogP contribution in [0.3, 0.4) is 0 Å². The Hall–Kier alpha value is -1.80. The smallest absolute Gasteiger partial charge is 0.229 e. The molecule has 2 saturated carbocycles. The second-order valence-electron chi connectivity index (χ2n) is 10.6. The zero-order valence-corrected chi connectivity index (χ0v) is 19.4. The van der Waals surface area contributed by atoms with Gasteiger partial charge in [0, 0.05) is 35.0 Å². The largest absolute Gasteiger partial charge is 0.389 e. The molecule has 4 aliphatic rings. The number of hydrogen-bond acceptors (Lipinski definition) is 5. The summed E-state index contributed by atoms with van der Waals surface area (Å²) in [7, 11) is 0. The second kappa shape index (κ2) is 7.60. The number of aliphatic hydroxyl groups excluding tert-OH is 1. The Labute approximate surface area is 197 Å². The van der Waals surface area contributed by atoms with Crippen molar-refractivity contribution in [3.8, 4) is 0 Å². The Morgan fingerprint density at radius 1 is 1.33 bits per heavy atom.